The number of anilines is 1. The second-order valence-electron chi connectivity index (χ2n) is 11.2. The van der Waals surface area contributed by atoms with Crippen LogP contribution >= 0.6 is 11.3 Å². The quantitative estimate of drug-likeness (QED) is 0.230. The van der Waals surface area contributed by atoms with Crippen molar-refractivity contribution in [3.8, 4) is 33.5 Å². The van der Waals surface area contributed by atoms with Gasteiger partial charge in [0.1, 0.15) is 0 Å². The van der Waals surface area contributed by atoms with Gasteiger partial charge in [0.25, 0.3) is 0 Å². The smallest absolute Gasteiger partial charge is 0.0773 e. The first-order chi connectivity index (χ1) is 21.3. The number of nitrogens with one attached hydrogen (secondary N) is 1. The summed E-state index contributed by atoms with van der Waals surface area (Å²) in [6.07, 6.45) is 2.00. The van der Waals surface area contributed by atoms with Crippen molar-refractivity contribution in [1.82, 2.24) is 4.98 Å². The van der Waals surface area contributed by atoms with Gasteiger partial charge in [-0.05, 0) is 69.6 Å². The first kappa shape index (κ1) is 24.4. The molecule has 1 N–H and O–H groups in total. The number of hydrogen-bond acceptors (Lipinski definition) is 3. The third-order valence-corrected chi connectivity index (χ3v) is 9.87. The van der Waals surface area contributed by atoms with E-state index in [9.17, 15) is 0 Å². The Hall–Kier alpha value is -5.25. The molecule has 3 heteroatoms. The van der Waals surface area contributed by atoms with Crippen LogP contribution in [0, 0.1) is 0 Å². The zero-order chi connectivity index (χ0) is 28.3. The monoisotopic (exact) mass is 566 g/mol. The number of nitrogens with zero attached hydrogens (tertiary/aromatic N) is 1. The summed E-state index contributed by atoms with van der Waals surface area (Å²) in [6.45, 7) is 0. The molecular formula is C40H26N2S. The molecule has 0 saturated heterocycles. The summed E-state index contributed by atoms with van der Waals surface area (Å²) < 4.78 is 2.66. The van der Waals surface area contributed by atoms with Crippen LogP contribution < -0.4 is 5.32 Å². The van der Waals surface area contributed by atoms with E-state index in [1.165, 1.54) is 64.6 Å². The van der Waals surface area contributed by atoms with Gasteiger partial charge in [-0.3, -0.25) is 4.98 Å². The minimum atomic E-state index is 0.0863. The molecule has 1 atom stereocenters. The summed E-state index contributed by atoms with van der Waals surface area (Å²) in [5, 5.41) is 8.92. The van der Waals surface area contributed by atoms with Crippen molar-refractivity contribution in [3.63, 3.8) is 0 Å². The van der Waals surface area contributed by atoms with Gasteiger partial charge < -0.3 is 5.32 Å². The maximum absolute atomic E-state index is 4.80. The summed E-state index contributed by atoms with van der Waals surface area (Å²) in [5.41, 5.74) is 10.9. The summed E-state index contributed by atoms with van der Waals surface area (Å²) >= 11 is 1.88. The van der Waals surface area contributed by atoms with Crippen LogP contribution in [0.25, 0.3) is 64.5 Å². The molecule has 0 aliphatic carbocycles. The highest BCUT2D eigenvalue weighted by Gasteiger charge is 2.28. The minimum Gasteiger partial charge on any atom is -0.374 e. The molecule has 0 saturated carbocycles. The number of benzene rings is 6. The fourth-order valence-electron chi connectivity index (χ4n) is 6.65. The van der Waals surface area contributed by atoms with Crippen LogP contribution in [0.15, 0.2) is 146 Å². The SMILES string of the molecule is c1ccc(-c2cc3ccc(-c4ccc5c(c4)-c4c(ccc6sc7ccccc7c46)C(c4ccccc4)N5)cc3cn2)cc1. The Morgan fingerprint density at radius 1 is 0.581 bits per heavy atom. The zero-order valence-electron chi connectivity index (χ0n) is 23.3. The number of aromatic nitrogens is 1. The standard InChI is InChI=1S/C40H26N2S/c1-3-9-25(10-4-1)35-23-29-16-15-27(21-30(29)24-41-35)28-17-19-34-33(22-28)38-32(40(42-34)26-11-5-2-6-12-26)18-20-37-39(38)31-13-7-8-14-36(31)43-37/h1-24,40,42H. The molecule has 0 spiro atoms. The van der Waals surface area contributed by atoms with E-state index in [1.54, 1.807) is 0 Å². The average Bonchev–Trinajstić information content (AvgIpc) is 3.47. The lowest BCUT2D eigenvalue weighted by Gasteiger charge is -2.31. The molecule has 0 bridgehead atoms. The molecule has 1 aliphatic rings. The van der Waals surface area contributed by atoms with Crippen LogP contribution in [-0.4, -0.2) is 4.98 Å². The number of thiophene rings is 1. The van der Waals surface area contributed by atoms with Crippen LogP contribution in [-0.2, 0) is 0 Å². The Balaban J connectivity index is 1.22. The first-order valence-electron chi connectivity index (χ1n) is 14.7. The number of hydrogen-bond donors (Lipinski definition) is 1. The molecule has 2 aromatic heterocycles. The van der Waals surface area contributed by atoms with Crippen molar-refractivity contribution in [2.24, 2.45) is 0 Å². The van der Waals surface area contributed by atoms with Gasteiger partial charge in [0.15, 0.2) is 0 Å². The fraction of sp³-hybridized carbons (Fsp3) is 0.0250. The van der Waals surface area contributed by atoms with Crippen LogP contribution in [0.4, 0.5) is 5.69 Å². The first-order valence-corrected chi connectivity index (χ1v) is 15.5. The average molecular weight is 567 g/mol. The third-order valence-electron chi connectivity index (χ3n) is 8.73. The lowest BCUT2D eigenvalue weighted by Crippen LogP contribution is -2.18. The van der Waals surface area contributed by atoms with Crippen LogP contribution in [0.5, 0.6) is 0 Å². The number of pyridine rings is 1. The van der Waals surface area contributed by atoms with Gasteiger partial charge in [-0.25, -0.2) is 0 Å². The van der Waals surface area contributed by atoms with Crippen molar-refractivity contribution in [1.29, 1.82) is 0 Å². The van der Waals surface area contributed by atoms with E-state index < -0.39 is 0 Å². The predicted octanol–water partition coefficient (Wildman–Crippen LogP) is 11.1. The van der Waals surface area contributed by atoms with Gasteiger partial charge >= 0.3 is 0 Å². The fourth-order valence-corrected chi connectivity index (χ4v) is 7.76. The van der Waals surface area contributed by atoms with E-state index in [2.05, 4.69) is 139 Å². The lowest BCUT2D eigenvalue weighted by atomic mass is 9.83. The molecule has 43 heavy (non-hydrogen) atoms. The van der Waals surface area contributed by atoms with E-state index in [1.807, 2.05) is 23.6 Å². The topological polar surface area (TPSA) is 24.9 Å². The van der Waals surface area contributed by atoms with E-state index in [4.69, 9.17) is 4.98 Å². The molecule has 1 unspecified atom stereocenters. The largest absolute Gasteiger partial charge is 0.374 e. The zero-order valence-corrected chi connectivity index (χ0v) is 24.1. The van der Waals surface area contributed by atoms with Crippen LogP contribution in [0.3, 0.4) is 0 Å². The summed E-state index contributed by atoms with van der Waals surface area (Å²) in [4.78, 5) is 4.80. The summed E-state index contributed by atoms with van der Waals surface area (Å²) in [5.74, 6) is 0. The Morgan fingerprint density at radius 2 is 1.35 bits per heavy atom. The second kappa shape index (κ2) is 9.65. The molecule has 3 heterocycles. The molecule has 6 aromatic carbocycles. The Morgan fingerprint density at radius 3 is 2.23 bits per heavy atom. The molecule has 9 rings (SSSR count). The van der Waals surface area contributed by atoms with E-state index >= 15 is 0 Å². The number of rotatable bonds is 3. The highest BCUT2D eigenvalue weighted by Crippen LogP contribution is 2.50. The highest BCUT2D eigenvalue weighted by atomic mass is 32.1. The van der Waals surface area contributed by atoms with E-state index in [-0.39, 0.29) is 6.04 Å². The van der Waals surface area contributed by atoms with Gasteiger partial charge in [-0.2, -0.15) is 0 Å². The summed E-state index contributed by atoms with van der Waals surface area (Å²) in [6, 6.07) is 50.5. The maximum atomic E-state index is 4.80. The van der Waals surface area contributed by atoms with Gasteiger partial charge in [0.05, 0.1) is 11.7 Å². The third kappa shape index (κ3) is 3.97. The maximum Gasteiger partial charge on any atom is 0.0773 e. The Bertz CT molecular complexity index is 2320. The van der Waals surface area contributed by atoms with Crippen molar-refractivity contribution in [2.45, 2.75) is 6.04 Å². The molecule has 0 fully saturated rings. The normalized spacial score (nSPS) is 14.0. The Labute approximate surface area is 253 Å². The van der Waals surface area contributed by atoms with Crippen LogP contribution in [0.2, 0.25) is 0 Å². The predicted molar refractivity (Wildman–Crippen MR) is 183 cm³/mol. The van der Waals surface area contributed by atoms with Gasteiger partial charge in [-0.15, -0.1) is 11.3 Å². The van der Waals surface area contributed by atoms with Crippen LogP contribution in [0.1, 0.15) is 17.2 Å². The second-order valence-corrected chi connectivity index (χ2v) is 12.3. The minimum absolute atomic E-state index is 0.0863. The highest BCUT2D eigenvalue weighted by molar-refractivity contribution is 7.26. The van der Waals surface area contributed by atoms with Gasteiger partial charge in [0, 0.05) is 48.6 Å². The lowest BCUT2D eigenvalue weighted by molar-refractivity contribution is 0.933. The van der Waals surface area contributed by atoms with Crippen molar-refractivity contribution in [2.75, 3.05) is 5.32 Å². The van der Waals surface area contributed by atoms with Gasteiger partial charge in [0.2, 0.25) is 0 Å². The summed E-state index contributed by atoms with van der Waals surface area (Å²) in [7, 11) is 0. The number of fused-ring (bicyclic) bond motifs is 8. The molecule has 1 aliphatic heterocycles. The Kier molecular flexibility index (Phi) is 5.47. The van der Waals surface area contributed by atoms with Crippen molar-refractivity contribution < 1.29 is 0 Å². The van der Waals surface area contributed by atoms with Crippen molar-refractivity contribution >= 4 is 48.0 Å². The molecule has 0 radical (unpaired) electrons. The molecular weight excluding hydrogens is 541 g/mol. The molecule has 2 nitrogen and oxygen atoms in total. The van der Waals surface area contributed by atoms with Crippen molar-refractivity contribution in [3.05, 3.63) is 157 Å². The van der Waals surface area contributed by atoms with Gasteiger partial charge in [-0.1, -0.05) is 103 Å². The molecule has 202 valence electrons. The molecule has 8 aromatic rings. The van der Waals surface area contributed by atoms with E-state index in [0.29, 0.717) is 0 Å². The molecule has 0 amide bonds. The van der Waals surface area contributed by atoms with E-state index in [0.717, 1.165) is 16.6 Å².